The Balaban J connectivity index is 2.12. The van der Waals surface area contributed by atoms with Gasteiger partial charge < -0.3 is 10.2 Å². The first kappa shape index (κ1) is 13.0. The first-order valence-corrected chi connectivity index (χ1v) is 7.54. The minimum atomic E-state index is 0.112. The van der Waals surface area contributed by atoms with Crippen molar-refractivity contribution in [2.24, 2.45) is 0 Å². The molecule has 0 saturated carbocycles. The van der Waals surface area contributed by atoms with E-state index in [4.69, 9.17) is 11.6 Å². The summed E-state index contributed by atoms with van der Waals surface area (Å²) in [5.74, 6) is 0. The number of piperidine rings is 1. The molecule has 3 rings (SSSR count). The molecule has 102 valence electrons. The van der Waals surface area contributed by atoms with Gasteiger partial charge in [0.15, 0.2) is 0 Å². The molecule has 0 aliphatic carbocycles. The summed E-state index contributed by atoms with van der Waals surface area (Å²) in [5.41, 5.74) is 4.09. The number of benzene rings is 1. The molecule has 0 aromatic heterocycles. The van der Waals surface area contributed by atoms with Crippen LogP contribution < -0.4 is 10.2 Å². The predicted octanol–water partition coefficient (Wildman–Crippen LogP) is 3.70. The van der Waals surface area contributed by atoms with E-state index < -0.39 is 0 Å². The van der Waals surface area contributed by atoms with Gasteiger partial charge in [-0.25, -0.2) is 0 Å². The molecule has 1 aromatic carbocycles. The van der Waals surface area contributed by atoms with E-state index in [1.165, 1.54) is 16.9 Å². The lowest BCUT2D eigenvalue weighted by molar-refractivity contribution is 0.362. The van der Waals surface area contributed by atoms with Crippen LogP contribution in [0.15, 0.2) is 30.5 Å². The zero-order chi connectivity index (χ0) is 13.5. The highest BCUT2D eigenvalue weighted by Gasteiger charge is 2.46. The lowest BCUT2D eigenvalue weighted by Gasteiger charge is -2.36. The van der Waals surface area contributed by atoms with E-state index in [0.29, 0.717) is 0 Å². The molecular weight excluding hydrogens is 256 g/mol. The van der Waals surface area contributed by atoms with Gasteiger partial charge in [0.2, 0.25) is 0 Å². The van der Waals surface area contributed by atoms with Crippen molar-refractivity contribution in [1.29, 1.82) is 0 Å². The first-order valence-electron chi connectivity index (χ1n) is 7.17. The van der Waals surface area contributed by atoms with Crippen molar-refractivity contribution in [2.75, 3.05) is 24.5 Å². The highest BCUT2D eigenvalue weighted by atomic mass is 35.5. The number of halogens is 1. The summed E-state index contributed by atoms with van der Waals surface area (Å²) in [5, 5.41) is 4.29. The average Bonchev–Trinajstić information content (AvgIpc) is 2.64. The number of hydrogen-bond acceptors (Lipinski definition) is 2. The van der Waals surface area contributed by atoms with E-state index in [-0.39, 0.29) is 5.41 Å². The zero-order valence-corrected chi connectivity index (χ0v) is 12.3. The Morgan fingerprint density at radius 3 is 2.79 bits per heavy atom. The number of nitrogens with zero attached hydrogens (tertiary/aromatic N) is 1. The van der Waals surface area contributed by atoms with Crippen LogP contribution in [0.2, 0.25) is 5.02 Å². The second-order valence-corrected chi connectivity index (χ2v) is 6.03. The normalized spacial score (nSPS) is 20.9. The third-order valence-electron chi connectivity index (χ3n) is 4.55. The molecular formula is C16H21ClN2. The first-order chi connectivity index (χ1) is 9.19. The van der Waals surface area contributed by atoms with Crippen molar-refractivity contribution in [2.45, 2.75) is 31.6 Å². The number of nitrogens with one attached hydrogen (secondary N) is 1. The average molecular weight is 277 g/mol. The molecule has 2 aliphatic heterocycles. The second kappa shape index (κ2) is 4.84. The van der Waals surface area contributed by atoms with Gasteiger partial charge in [-0.05, 0) is 56.1 Å². The van der Waals surface area contributed by atoms with E-state index in [1.54, 1.807) is 0 Å². The molecule has 0 amide bonds. The van der Waals surface area contributed by atoms with Gasteiger partial charge in [0.05, 0.1) is 0 Å². The van der Waals surface area contributed by atoms with E-state index >= 15 is 0 Å². The lowest BCUT2D eigenvalue weighted by Crippen LogP contribution is -2.41. The summed E-state index contributed by atoms with van der Waals surface area (Å²) in [4.78, 5) is 2.40. The highest BCUT2D eigenvalue weighted by Crippen LogP contribution is 2.52. The third kappa shape index (κ3) is 1.89. The maximum absolute atomic E-state index is 6.23. The summed E-state index contributed by atoms with van der Waals surface area (Å²) in [6.07, 6.45) is 3.38. The molecule has 1 fully saturated rings. The molecule has 0 atom stereocenters. The van der Waals surface area contributed by atoms with E-state index in [9.17, 15) is 0 Å². The standard InChI is InChI=1S/C16H21ClN2/c1-3-10-19-12(2)16(6-8-18-9-7-16)14-11-13(17)4-5-15(14)19/h4-5,11,18H,2-3,6-10H2,1H3. The van der Waals surface area contributed by atoms with E-state index in [1.807, 2.05) is 6.07 Å². The van der Waals surface area contributed by atoms with Crippen molar-refractivity contribution in [1.82, 2.24) is 5.32 Å². The van der Waals surface area contributed by atoms with Crippen LogP contribution in [0.3, 0.4) is 0 Å². The van der Waals surface area contributed by atoms with Gasteiger partial charge in [-0.1, -0.05) is 25.1 Å². The topological polar surface area (TPSA) is 15.3 Å². The van der Waals surface area contributed by atoms with Gasteiger partial charge >= 0.3 is 0 Å². The van der Waals surface area contributed by atoms with Crippen LogP contribution in [-0.2, 0) is 5.41 Å². The second-order valence-electron chi connectivity index (χ2n) is 5.59. The van der Waals surface area contributed by atoms with Gasteiger partial charge in [0.25, 0.3) is 0 Å². The maximum atomic E-state index is 6.23. The summed E-state index contributed by atoms with van der Waals surface area (Å²) < 4.78 is 0. The fourth-order valence-electron chi connectivity index (χ4n) is 3.58. The molecule has 2 nitrogen and oxygen atoms in total. The third-order valence-corrected chi connectivity index (χ3v) is 4.78. The molecule has 19 heavy (non-hydrogen) atoms. The zero-order valence-electron chi connectivity index (χ0n) is 11.5. The van der Waals surface area contributed by atoms with Crippen molar-refractivity contribution in [3.63, 3.8) is 0 Å². The van der Waals surface area contributed by atoms with Crippen molar-refractivity contribution in [3.8, 4) is 0 Å². The largest absolute Gasteiger partial charge is 0.345 e. The summed E-state index contributed by atoms with van der Waals surface area (Å²) in [7, 11) is 0. The molecule has 0 radical (unpaired) electrons. The quantitative estimate of drug-likeness (QED) is 0.886. The van der Waals surface area contributed by atoms with Gasteiger partial charge in [-0.3, -0.25) is 0 Å². The molecule has 0 bridgehead atoms. The smallest absolute Gasteiger partial charge is 0.0451 e. The van der Waals surface area contributed by atoms with Crippen LogP contribution in [0.5, 0.6) is 0 Å². The van der Waals surface area contributed by atoms with E-state index in [2.05, 4.69) is 35.9 Å². The molecule has 1 N–H and O–H groups in total. The minimum absolute atomic E-state index is 0.112. The Labute approximate surface area is 120 Å². The Hall–Kier alpha value is -0.990. The van der Waals surface area contributed by atoms with Gasteiger partial charge in [0.1, 0.15) is 0 Å². The Kier molecular flexibility index (Phi) is 3.32. The highest BCUT2D eigenvalue weighted by molar-refractivity contribution is 6.30. The van der Waals surface area contributed by atoms with E-state index in [0.717, 1.165) is 43.9 Å². The minimum Gasteiger partial charge on any atom is -0.345 e. The maximum Gasteiger partial charge on any atom is 0.0451 e. The molecule has 3 heteroatoms. The van der Waals surface area contributed by atoms with Crippen LogP contribution in [-0.4, -0.2) is 19.6 Å². The Morgan fingerprint density at radius 1 is 1.37 bits per heavy atom. The van der Waals surface area contributed by atoms with Crippen molar-refractivity contribution < 1.29 is 0 Å². The number of anilines is 1. The molecule has 1 aromatic rings. The molecule has 2 heterocycles. The SMILES string of the molecule is C=C1N(CCC)c2ccc(Cl)cc2C12CCNCC2. The number of allylic oxidation sites excluding steroid dienone is 1. The molecule has 0 unspecified atom stereocenters. The Bertz CT molecular complexity index is 503. The van der Waals surface area contributed by atoms with Crippen LogP contribution in [0.25, 0.3) is 0 Å². The van der Waals surface area contributed by atoms with Gasteiger partial charge in [-0.15, -0.1) is 0 Å². The fourth-order valence-corrected chi connectivity index (χ4v) is 3.75. The van der Waals surface area contributed by atoms with Crippen LogP contribution >= 0.6 is 11.6 Å². The summed E-state index contributed by atoms with van der Waals surface area (Å²) >= 11 is 6.23. The summed E-state index contributed by atoms with van der Waals surface area (Å²) in [6.45, 7) is 9.81. The molecule has 1 spiro atoms. The monoisotopic (exact) mass is 276 g/mol. The predicted molar refractivity (Wildman–Crippen MR) is 82.0 cm³/mol. The fraction of sp³-hybridized carbons (Fsp3) is 0.500. The van der Waals surface area contributed by atoms with Crippen LogP contribution in [0.1, 0.15) is 31.7 Å². The van der Waals surface area contributed by atoms with Crippen molar-refractivity contribution in [3.05, 3.63) is 41.1 Å². The summed E-state index contributed by atoms with van der Waals surface area (Å²) in [6, 6.07) is 6.31. The Morgan fingerprint density at radius 2 is 2.11 bits per heavy atom. The number of rotatable bonds is 2. The molecule has 1 saturated heterocycles. The molecule has 2 aliphatic rings. The van der Waals surface area contributed by atoms with Gasteiger partial charge in [0, 0.05) is 28.4 Å². The lowest BCUT2D eigenvalue weighted by atomic mass is 9.73. The van der Waals surface area contributed by atoms with Crippen molar-refractivity contribution >= 4 is 17.3 Å². The van der Waals surface area contributed by atoms with Crippen LogP contribution in [0, 0.1) is 0 Å². The number of hydrogen-bond donors (Lipinski definition) is 1. The van der Waals surface area contributed by atoms with Crippen LogP contribution in [0.4, 0.5) is 5.69 Å². The number of fused-ring (bicyclic) bond motifs is 2. The van der Waals surface area contributed by atoms with Gasteiger partial charge in [-0.2, -0.15) is 0 Å².